The minimum absolute atomic E-state index is 0.00884. The Morgan fingerprint density at radius 2 is 2.04 bits per heavy atom. The molecule has 140 valence electrons. The van der Waals surface area contributed by atoms with Crippen LogP contribution in [0, 0.1) is 5.92 Å². The highest BCUT2D eigenvalue weighted by molar-refractivity contribution is 7.88. The van der Waals surface area contributed by atoms with Crippen molar-refractivity contribution in [2.24, 2.45) is 11.7 Å². The summed E-state index contributed by atoms with van der Waals surface area (Å²) in [6.07, 6.45) is 5.90. The first kappa shape index (κ1) is 18.3. The number of aromatic nitrogens is 6. The predicted octanol–water partition coefficient (Wildman–Crippen LogP) is -0.663. The number of carbonyl (C=O) groups is 1. The summed E-state index contributed by atoms with van der Waals surface area (Å²) in [5.41, 5.74) is 5.29. The summed E-state index contributed by atoms with van der Waals surface area (Å²) in [6, 6.07) is 1.41. The van der Waals surface area contributed by atoms with Crippen LogP contribution in [0.25, 0.3) is 11.6 Å². The maximum absolute atomic E-state index is 11.3. The molecular weight excluding hydrogens is 360 g/mol. The standard InChI is InChI=1S/C14H20N8O3S/c1-26(24,25)20-10-4-2-9(3-5-10)8-22-19-14(18-21-22)13-16-7-6-11(17-13)12(15)23/h6-7,9-10,20H,2-5,8H2,1H3,(H2,15,23). The second-order valence-corrected chi connectivity index (χ2v) is 8.19. The van der Waals surface area contributed by atoms with E-state index in [-0.39, 0.29) is 23.4 Å². The van der Waals surface area contributed by atoms with Crippen LogP contribution in [0.1, 0.15) is 36.2 Å². The monoisotopic (exact) mass is 380 g/mol. The number of tetrazole rings is 1. The molecule has 1 aliphatic rings. The van der Waals surface area contributed by atoms with Crippen molar-refractivity contribution in [3.8, 4) is 11.6 Å². The lowest BCUT2D eigenvalue weighted by Crippen LogP contribution is -2.37. The van der Waals surface area contributed by atoms with Gasteiger partial charge in [-0.3, -0.25) is 4.79 Å². The van der Waals surface area contributed by atoms with Crippen molar-refractivity contribution >= 4 is 15.9 Å². The summed E-state index contributed by atoms with van der Waals surface area (Å²) in [5, 5.41) is 12.2. The predicted molar refractivity (Wildman–Crippen MR) is 91.1 cm³/mol. The van der Waals surface area contributed by atoms with E-state index in [1.807, 2.05) is 0 Å². The van der Waals surface area contributed by atoms with Crippen LogP contribution < -0.4 is 10.5 Å². The van der Waals surface area contributed by atoms with Crippen LogP contribution in [0.5, 0.6) is 0 Å². The van der Waals surface area contributed by atoms with Gasteiger partial charge in [0.15, 0.2) is 0 Å². The molecule has 1 fully saturated rings. The second-order valence-electron chi connectivity index (χ2n) is 6.41. The van der Waals surface area contributed by atoms with E-state index >= 15 is 0 Å². The zero-order chi connectivity index (χ0) is 18.7. The minimum Gasteiger partial charge on any atom is -0.364 e. The van der Waals surface area contributed by atoms with Gasteiger partial charge in [-0.2, -0.15) is 4.80 Å². The molecule has 0 atom stereocenters. The van der Waals surface area contributed by atoms with Gasteiger partial charge in [-0.25, -0.2) is 23.1 Å². The highest BCUT2D eigenvalue weighted by atomic mass is 32.2. The van der Waals surface area contributed by atoms with Crippen molar-refractivity contribution in [1.82, 2.24) is 34.9 Å². The number of sulfonamides is 1. The summed E-state index contributed by atoms with van der Waals surface area (Å²) in [4.78, 5) is 20.7. The molecule has 26 heavy (non-hydrogen) atoms. The molecular formula is C14H20N8O3S. The molecule has 0 spiro atoms. The van der Waals surface area contributed by atoms with Crippen molar-refractivity contribution in [3.63, 3.8) is 0 Å². The van der Waals surface area contributed by atoms with Gasteiger partial charge in [-0.1, -0.05) is 0 Å². The van der Waals surface area contributed by atoms with Crippen LogP contribution in [0.3, 0.4) is 0 Å². The first-order chi connectivity index (χ1) is 12.3. The normalized spacial score (nSPS) is 20.8. The van der Waals surface area contributed by atoms with E-state index in [1.165, 1.54) is 23.3 Å². The number of hydrogen-bond donors (Lipinski definition) is 2. The van der Waals surface area contributed by atoms with Crippen LogP contribution >= 0.6 is 0 Å². The summed E-state index contributed by atoms with van der Waals surface area (Å²) in [7, 11) is -3.17. The minimum atomic E-state index is -3.17. The maximum Gasteiger partial charge on any atom is 0.267 e. The molecule has 1 aliphatic carbocycles. The fraction of sp³-hybridized carbons (Fsp3) is 0.571. The number of amides is 1. The molecule has 0 aromatic carbocycles. The molecule has 3 N–H and O–H groups in total. The van der Waals surface area contributed by atoms with Gasteiger partial charge >= 0.3 is 0 Å². The number of nitrogens with one attached hydrogen (secondary N) is 1. The maximum atomic E-state index is 11.3. The molecule has 0 aliphatic heterocycles. The Balaban J connectivity index is 1.60. The van der Waals surface area contributed by atoms with Crippen LogP contribution in [-0.4, -0.2) is 56.8 Å². The lowest BCUT2D eigenvalue weighted by Gasteiger charge is -2.27. The lowest BCUT2D eigenvalue weighted by atomic mass is 9.86. The zero-order valence-corrected chi connectivity index (χ0v) is 15.1. The SMILES string of the molecule is CS(=O)(=O)NC1CCC(Cn2nnc(-c3nccc(C(N)=O)n3)n2)CC1. The second kappa shape index (κ2) is 7.41. The van der Waals surface area contributed by atoms with E-state index in [0.717, 1.165) is 25.7 Å². The van der Waals surface area contributed by atoms with E-state index in [4.69, 9.17) is 5.73 Å². The fourth-order valence-corrected chi connectivity index (χ4v) is 3.85. The van der Waals surface area contributed by atoms with E-state index in [1.54, 1.807) is 0 Å². The van der Waals surface area contributed by atoms with Gasteiger partial charge in [0.25, 0.3) is 5.91 Å². The Morgan fingerprint density at radius 1 is 1.31 bits per heavy atom. The molecule has 12 heteroatoms. The smallest absolute Gasteiger partial charge is 0.267 e. The molecule has 1 amide bonds. The average molecular weight is 380 g/mol. The highest BCUT2D eigenvalue weighted by Crippen LogP contribution is 2.25. The molecule has 0 bridgehead atoms. The van der Waals surface area contributed by atoms with Gasteiger partial charge in [-0.15, -0.1) is 10.2 Å². The largest absolute Gasteiger partial charge is 0.364 e. The number of nitrogens with two attached hydrogens (primary N) is 1. The van der Waals surface area contributed by atoms with E-state index in [9.17, 15) is 13.2 Å². The van der Waals surface area contributed by atoms with Gasteiger partial charge in [0.2, 0.25) is 21.7 Å². The summed E-state index contributed by atoms with van der Waals surface area (Å²) >= 11 is 0. The molecule has 2 aromatic rings. The Labute approximate surface area is 150 Å². The third kappa shape index (κ3) is 4.79. The van der Waals surface area contributed by atoms with Crippen molar-refractivity contribution in [2.75, 3.05) is 6.26 Å². The van der Waals surface area contributed by atoms with Crippen molar-refractivity contribution < 1.29 is 13.2 Å². The van der Waals surface area contributed by atoms with E-state index in [2.05, 4.69) is 30.1 Å². The highest BCUT2D eigenvalue weighted by Gasteiger charge is 2.24. The van der Waals surface area contributed by atoms with Gasteiger partial charge in [0.05, 0.1) is 12.8 Å². The van der Waals surface area contributed by atoms with Gasteiger partial charge in [-0.05, 0) is 42.9 Å². The van der Waals surface area contributed by atoms with Crippen molar-refractivity contribution in [1.29, 1.82) is 0 Å². The van der Waals surface area contributed by atoms with Crippen LogP contribution in [-0.2, 0) is 16.6 Å². The van der Waals surface area contributed by atoms with Crippen LogP contribution in [0.2, 0.25) is 0 Å². The molecule has 2 aromatic heterocycles. The first-order valence-electron chi connectivity index (χ1n) is 8.18. The Morgan fingerprint density at radius 3 is 2.69 bits per heavy atom. The summed E-state index contributed by atoms with van der Waals surface area (Å²) in [6.45, 7) is 0.577. The fourth-order valence-electron chi connectivity index (χ4n) is 3.01. The molecule has 0 saturated heterocycles. The Kier molecular flexibility index (Phi) is 5.23. The third-order valence-electron chi connectivity index (χ3n) is 4.21. The average Bonchev–Trinajstić information content (AvgIpc) is 3.04. The number of carbonyl (C=O) groups excluding carboxylic acids is 1. The third-order valence-corrected chi connectivity index (χ3v) is 4.97. The first-order valence-corrected chi connectivity index (χ1v) is 10.1. The Bertz CT molecular complexity index is 889. The van der Waals surface area contributed by atoms with Crippen LogP contribution in [0.4, 0.5) is 0 Å². The number of primary amides is 1. The van der Waals surface area contributed by atoms with Crippen molar-refractivity contribution in [2.45, 2.75) is 38.3 Å². The lowest BCUT2D eigenvalue weighted by molar-refractivity contribution is 0.0995. The molecule has 3 rings (SSSR count). The van der Waals surface area contributed by atoms with E-state index in [0.29, 0.717) is 12.5 Å². The van der Waals surface area contributed by atoms with Gasteiger partial charge < -0.3 is 5.73 Å². The molecule has 11 nitrogen and oxygen atoms in total. The molecule has 1 saturated carbocycles. The number of hydrogen-bond acceptors (Lipinski definition) is 8. The number of nitrogens with zero attached hydrogens (tertiary/aromatic N) is 6. The van der Waals surface area contributed by atoms with Gasteiger partial charge in [0.1, 0.15) is 5.69 Å². The molecule has 2 heterocycles. The Hall–Kier alpha value is -2.47. The van der Waals surface area contributed by atoms with Crippen molar-refractivity contribution in [3.05, 3.63) is 18.0 Å². The summed E-state index contributed by atoms with van der Waals surface area (Å²) < 4.78 is 25.2. The zero-order valence-electron chi connectivity index (χ0n) is 14.2. The quantitative estimate of drug-likeness (QED) is 0.668. The molecule has 0 radical (unpaired) electrons. The molecule has 0 unspecified atom stereocenters. The van der Waals surface area contributed by atoms with Gasteiger partial charge in [0, 0.05) is 12.2 Å². The summed E-state index contributed by atoms with van der Waals surface area (Å²) in [5.74, 6) is 0.0992. The number of rotatable bonds is 6. The van der Waals surface area contributed by atoms with E-state index < -0.39 is 15.9 Å². The van der Waals surface area contributed by atoms with Crippen LogP contribution in [0.15, 0.2) is 12.3 Å². The topological polar surface area (TPSA) is 159 Å².